The van der Waals surface area contributed by atoms with Crippen LogP contribution < -0.4 is 0 Å². The minimum Gasteiger partial charge on any atom is -0.391 e. The highest BCUT2D eigenvalue weighted by atomic mass is 35.5. The lowest BCUT2D eigenvalue weighted by Gasteiger charge is -2.28. The Morgan fingerprint density at radius 3 is 2.88 bits per heavy atom. The molecule has 26 heavy (non-hydrogen) atoms. The molecule has 1 heterocycles. The third kappa shape index (κ3) is 2.97. The van der Waals surface area contributed by atoms with Gasteiger partial charge in [-0.3, -0.25) is 9.88 Å². The first-order valence-corrected chi connectivity index (χ1v) is 9.09. The summed E-state index contributed by atoms with van der Waals surface area (Å²) >= 11 is 12.5. The Hall–Kier alpha value is -1.72. The smallest absolute Gasteiger partial charge is 0.132 e. The van der Waals surface area contributed by atoms with Gasteiger partial charge < -0.3 is 5.11 Å². The van der Waals surface area contributed by atoms with Crippen molar-refractivity contribution in [3.05, 3.63) is 75.1 Å². The van der Waals surface area contributed by atoms with E-state index in [1.807, 2.05) is 18.0 Å². The van der Waals surface area contributed by atoms with Gasteiger partial charge in [-0.05, 0) is 54.1 Å². The number of nitrogens with zero attached hydrogens (tertiary/aromatic N) is 2. The maximum atomic E-state index is 14.0. The Balaban J connectivity index is 1.71. The standard InChI is InChI=1S/C20H17Cl2FN2O/c1-25(10-11-4-5-17(23)13-3-2-6-24-19(11)13)20-15-7-12(21)8-16(22)14(15)9-18(20)26/h2-8,18,20,26H,9-10H2,1H3/t18-,20-/m1/s1. The molecule has 1 aliphatic rings. The summed E-state index contributed by atoms with van der Waals surface area (Å²) in [5.74, 6) is -0.288. The van der Waals surface area contributed by atoms with Crippen molar-refractivity contribution in [2.75, 3.05) is 7.05 Å². The molecule has 0 spiro atoms. The van der Waals surface area contributed by atoms with Gasteiger partial charge in [-0.1, -0.05) is 29.3 Å². The molecule has 4 rings (SSSR count). The molecule has 1 N–H and O–H groups in total. The van der Waals surface area contributed by atoms with E-state index in [-0.39, 0.29) is 11.9 Å². The van der Waals surface area contributed by atoms with Crippen LogP contribution in [0.5, 0.6) is 0 Å². The first kappa shape index (κ1) is 17.7. The molecule has 0 saturated heterocycles. The van der Waals surface area contributed by atoms with Gasteiger partial charge in [0.1, 0.15) is 5.82 Å². The second-order valence-electron chi connectivity index (χ2n) is 6.69. The minimum absolute atomic E-state index is 0.231. The van der Waals surface area contributed by atoms with E-state index in [2.05, 4.69) is 4.98 Å². The molecule has 1 aromatic heterocycles. The molecule has 0 aliphatic heterocycles. The van der Waals surface area contributed by atoms with E-state index in [0.717, 1.165) is 16.7 Å². The first-order chi connectivity index (χ1) is 12.5. The number of pyridine rings is 1. The van der Waals surface area contributed by atoms with Crippen molar-refractivity contribution in [2.24, 2.45) is 0 Å². The van der Waals surface area contributed by atoms with Crippen LogP contribution in [-0.2, 0) is 13.0 Å². The van der Waals surface area contributed by atoms with E-state index in [1.54, 1.807) is 30.5 Å². The van der Waals surface area contributed by atoms with Crippen LogP contribution in [-0.4, -0.2) is 28.1 Å². The van der Waals surface area contributed by atoms with Crippen LogP contribution in [0.1, 0.15) is 22.7 Å². The van der Waals surface area contributed by atoms with Gasteiger partial charge in [0.05, 0.1) is 17.7 Å². The monoisotopic (exact) mass is 390 g/mol. The Morgan fingerprint density at radius 1 is 1.27 bits per heavy atom. The van der Waals surface area contributed by atoms with Crippen LogP contribution in [0.4, 0.5) is 4.39 Å². The summed E-state index contributed by atoms with van der Waals surface area (Å²) in [7, 11) is 1.93. The molecule has 2 atom stereocenters. The SMILES string of the molecule is CN(Cc1ccc(F)c2cccnc12)[C@@H]1c2cc(Cl)cc(Cl)c2C[C@H]1O. The van der Waals surface area contributed by atoms with Crippen molar-refractivity contribution in [1.82, 2.24) is 9.88 Å². The number of halogens is 3. The Bertz CT molecular complexity index is 995. The fourth-order valence-corrected chi connectivity index (χ4v) is 4.44. The zero-order valence-electron chi connectivity index (χ0n) is 14.1. The first-order valence-electron chi connectivity index (χ1n) is 8.34. The quantitative estimate of drug-likeness (QED) is 0.699. The molecule has 3 aromatic rings. The fourth-order valence-electron chi connectivity index (χ4n) is 3.85. The molecule has 0 bridgehead atoms. The zero-order valence-corrected chi connectivity index (χ0v) is 15.6. The van der Waals surface area contributed by atoms with Crippen molar-refractivity contribution in [3.8, 4) is 0 Å². The van der Waals surface area contributed by atoms with Gasteiger partial charge in [-0.25, -0.2) is 4.39 Å². The summed E-state index contributed by atoms with van der Waals surface area (Å²) in [5, 5.41) is 12.2. The fraction of sp³-hybridized carbons (Fsp3) is 0.250. The lowest BCUT2D eigenvalue weighted by molar-refractivity contribution is 0.0726. The van der Waals surface area contributed by atoms with E-state index in [9.17, 15) is 9.50 Å². The number of fused-ring (bicyclic) bond motifs is 2. The molecule has 2 aromatic carbocycles. The van der Waals surface area contributed by atoms with Gasteiger partial charge in [-0.2, -0.15) is 0 Å². The van der Waals surface area contributed by atoms with Crippen LogP contribution in [0.25, 0.3) is 10.9 Å². The Morgan fingerprint density at radius 2 is 2.08 bits per heavy atom. The molecule has 0 unspecified atom stereocenters. The normalized spacial score (nSPS) is 19.3. The number of rotatable bonds is 3. The highest BCUT2D eigenvalue weighted by Crippen LogP contribution is 2.41. The molecular weight excluding hydrogens is 374 g/mol. The number of aliphatic hydroxyl groups excluding tert-OH is 1. The van der Waals surface area contributed by atoms with E-state index < -0.39 is 6.10 Å². The summed E-state index contributed by atoms with van der Waals surface area (Å²) in [5.41, 5.74) is 3.41. The van der Waals surface area contributed by atoms with E-state index in [4.69, 9.17) is 23.2 Å². The van der Waals surface area contributed by atoms with Gasteiger partial charge in [0.25, 0.3) is 0 Å². The zero-order chi connectivity index (χ0) is 18.4. The number of likely N-dealkylation sites (N-methyl/N-ethyl adjacent to an activating group) is 1. The number of hydrogen-bond donors (Lipinski definition) is 1. The van der Waals surface area contributed by atoms with E-state index in [0.29, 0.717) is 33.9 Å². The molecule has 134 valence electrons. The number of hydrogen-bond acceptors (Lipinski definition) is 3. The second kappa shape index (κ2) is 6.78. The van der Waals surface area contributed by atoms with Gasteiger partial charge in [0, 0.05) is 34.6 Å². The predicted molar refractivity (Wildman–Crippen MR) is 102 cm³/mol. The summed E-state index contributed by atoms with van der Waals surface area (Å²) in [6.07, 6.45) is 1.57. The molecule has 0 radical (unpaired) electrons. The van der Waals surface area contributed by atoms with E-state index in [1.165, 1.54) is 6.07 Å². The maximum absolute atomic E-state index is 14.0. The lowest BCUT2D eigenvalue weighted by atomic mass is 10.0. The molecule has 6 heteroatoms. The third-order valence-corrected chi connectivity index (χ3v) is 5.54. The molecule has 3 nitrogen and oxygen atoms in total. The summed E-state index contributed by atoms with van der Waals surface area (Å²) in [4.78, 5) is 6.37. The average Bonchev–Trinajstić information content (AvgIpc) is 2.94. The van der Waals surface area contributed by atoms with Crippen molar-refractivity contribution < 1.29 is 9.50 Å². The molecule has 0 fully saturated rings. The van der Waals surface area contributed by atoms with Crippen LogP contribution in [0.15, 0.2) is 42.6 Å². The lowest BCUT2D eigenvalue weighted by Crippen LogP contribution is -2.30. The second-order valence-corrected chi connectivity index (χ2v) is 7.54. The van der Waals surface area contributed by atoms with Gasteiger partial charge in [0.2, 0.25) is 0 Å². The summed E-state index contributed by atoms with van der Waals surface area (Å²) in [6, 6.07) is 9.98. The molecule has 0 saturated carbocycles. The summed E-state index contributed by atoms with van der Waals surface area (Å²) in [6.45, 7) is 0.513. The van der Waals surface area contributed by atoms with E-state index >= 15 is 0 Å². The number of aromatic nitrogens is 1. The number of aliphatic hydroxyl groups is 1. The van der Waals surface area contributed by atoms with Crippen LogP contribution in [0.3, 0.4) is 0 Å². The maximum Gasteiger partial charge on any atom is 0.132 e. The van der Waals surface area contributed by atoms with Gasteiger partial charge in [0.15, 0.2) is 0 Å². The summed E-state index contributed by atoms with van der Waals surface area (Å²) < 4.78 is 14.0. The van der Waals surface area contributed by atoms with Crippen molar-refractivity contribution in [1.29, 1.82) is 0 Å². The Labute approximate surface area is 161 Å². The highest BCUT2D eigenvalue weighted by molar-refractivity contribution is 6.35. The van der Waals surface area contributed by atoms with Crippen molar-refractivity contribution in [2.45, 2.75) is 25.1 Å². The molecular formula is C20H17Cl2FN2O. The largest absolute Gasteiger partial charge is 0.391 e. The topological polar surface area (TPSA) is 36.4 Å². The van der Waals surface area contributed by atoms with Crippen molar-refractivity contribution >= 4 is 34.1 Å². The van der Waals surface area contributed by atoms with Gasteiger partial charge in [-0.15, -0.1) is 0 Å². The third-order valence-electron chi connectivity index (χ3n) is 4.99. The highest BCUT2D eigenvalue weighted by Gasteiger charge is 2.35. The van der Waals surface area contributed by atoms with Crippen LogP contribution in [0.2, 0.25) is 10.0 Å². The number of benzene rings is 2. The van der Waals surface area contributed by atoms with Crippen LogP contribution in [0, 0.1) is 5.82 Å². The van der Waals surface area contributed by atoms with Gasteiger partial charge >= 0.3 is 0 Å². The molecule has 0 amide bonds. The predicted octanol–water partition coefficient (Wildman–Crippen LogP) is 4.77. The van der Waals surface area contributed by atoms with Crippen molar-refractivity contribution in [3.63, 3.8) is 0 Å². The minimum atomic E-state index is -0.578. The average molecular weight is 391 g/mol. The molecule has 1 aliphatic carbocycles. The van der Waals surface area contributed by atoms with Crippen LogP contribution >= 0.6 is 23.2 Å². The Kier molecular flexibility index (Phi) is 4.61.